The maximum atomic E-state index is 8.49. The minimum atomic E-state index is -4.94. The SMILES string of the molecule is [O-][Cl+3]([O-])([O-])[O-].c1ccc(Cc2ccc3c(ccc4ccccc43)[o+]2)cc1. The van der Waals surface area contributed by atoms with Gasteiger partial charge in [-0.3, -0.25) is 0 Å². The molecule has 1 aromatic heterocycles. The van der Waals surface area contributed by atoms with Gasteiger partial charge in [0, 0.05) is 12.1 Å². The molecule has 0 atom stereocenters. The van der Waals surface area contributed by atoms with E-state index in [0.29, 0.717) is 0 Å². The van der Waals surface area contributed by atoms with E-state index in [9.17, 15) is 0 Å². The Hall–Kier alpha value is -2.54. The van der Waals surface area contributed by atoms with Gasteiger partial charge in [0.2, 0.25) is 0 Å². The van der Waals surface area contributed by atoms with Crippen LogP contribution in [-0.2, 0) is 6.42 Å². The number of rotatable bonds is 2. The molecule has 0 saturated carbocycles. The Labute approximate surface area is 152 Å². The fourth-order valence-electron chi connectivity index (χ4n) is 2.78. The second-order valence-electron chi connectivity index (χ2n) is 5.64. The van der Waals surface area contributed by atoms with Crippen LogP contribution in [0.25, 0.3) is 21.7 Å². The van der Waals surface area contributed by atoms with E-state index in [1.165, 1.54) is 21.7 Å². The monoisotopic (exact) mass is 370 g/mol. The molecule has 0 fully saturated rings. The Balaban J connectivity index is 0.000000349. The molecule has 1 heterocycles. The van der Waals surface area contributed by atoms with Gasteiger partial charge >= 0.3 is 11.3 Å². The standard InChI is InChI=1S/C20H15O.ClHO4/c1-2-6-15(7-3-1)14-17-11-12-19-18-9-5-4-8-16(18)10-13-20(19)21-17;2-1(3,4)5/h1-13H,14H2;(H,2,3,4,5)/q+1;/p-1. The lowest BCUT2D eigenvalue weighted by Gasteiger charge is -2.17. The van der Waals surface area contributed by atoms with Crippen molar-refractivity contribution in [3.8, 4) is 0 Å². The van der Waals surface area contributed by atoms with Crippen LogP contribution in [0.2, 0.25) is 0 Å². The fraction of sp³-hybridized carbons (Fsp3) is 0.0500. The van der Waals surface area contributed by atoms with Gasteiger partial charge in [-0.25, -0.2) is 23.1 Å². The molecule has 0 bridgehead atoms. The first-order valence-corrected chi connectivity index (χ1v) is 9.03. The van der Waals surface area contributed by atoms with Gasteiger partial charge in [-0.1, -0.05) is 54.6 Å². The highest BCUT2D eigenvalue weighted by Crippen LogP contribution is 2.26. The molecule has 4 aromatic rings. The van der Waals surface area contributed by atoms with Crippen LogP contribution in [0.5, 0.6) is 0 Å². The summed E-state index contributed by atoms with van der Waals surface area (Å²) in [5.74, 6) is 0.990. The van der Waals surface area contributed by atoms with Crippen LogP contribution < -0.4 is 18.6 Å². The Bertz CT molecular complexity index is 1010. The van der Waals surface area contributed by atoms with E-state index in [1.807, 2.05) is 6.07 Å². The van der Waals surface area contributed by atoms with Gasteiger partial charge in [0.05, 0.1) is 11.8 Å². The van der Waals surface area contributed by atoms with E-state index in [4.69, 9.17) is 23.1 Å². The largest absolute Gasteiger partial charge is 0.360 e. The average molecular weight is 371 g/mol. The van der Waals surface area contributed by atoms with Gasteiger partial charge in [-0.05, 0) is 28.5 Å². The van der Waals surface area contributed by atoms with Crippen molar-refractivity contribution in [1.29, 1.82) is 0 Å². The summed E-state index contributed by atoms with van der Waals surface area (Å²) in [7, 11) is -4.94. The molecular formula is C20H15ClO5. The van der Waals surface area contributed by atoms with Gasteiger partial charge in [0.1, 0.15) is 0 Å². The highest BCUT2D eigenvalue weighted by molar-refractivity contribution is 6.05. The minimum Gasteiger partial charge on any atom is -0.222 e. The summed E-state index contributed by atoms with van der Waals surface area (Å²) in [6.07, 6.45) is 0.823. The molecule has 6 heteroatoms. The van der Waals surface area contributed by atoms with Crippen molar-refractivity contribution in [2.45, 2.75) is 6.42 Å². The number of hydrogen-bond acceptors (Lipinski definition) is 4. The smallest absolute Gasteiger partial charge is 0.222 e. The second-order valence-corrected chi connectivity index (χ2v) is 6.40. The number of fused-ring (bicyclic) bond motifs is 3. The molecule has 0 saturated heterocycles. The van der Waals surface area contributed by atoms with E-state index in [1.54, 1.807) is 0 Å². The molecule has 26 heavy (non-hydrogen) atoms. The van der Waals surface area contributed by atoms with Crippen molar-refractivity contribution in [2.75, 3.05) is 0 Å². The number of benzene rings is 3. The van der Waals surface area contributed by atoms with E-state index >= 15 is 0 Å². The summed E-state index contributed by atoms with van der Waals surface area (Å²) >= 11 is 0. The first-order chi connectivity index (χ1) is 12.4. The Morgan fingerprint density at radius 1 is 0.654 bits per heavy atom. The summed E-state index contributed by atoms with van der Waals surface area (Å²) in [5, 5.41) is 3.66. The summed E-state index contributed by atoms with van der Waals surface area (Å²) in [6, 6.07) is 27.2. The van der Waals surface area contributed by atoms with Crippen LogP contribution in [0.3, 0.4) is 0 Å². The van der Waals surface area contributed by atoms with Crippen molar-refractivity contribution in [3.63, 3.8) is 0 Å². The zero-order chi connectivity index (χ0) is 18.6. The zero-order valence-electron chi connectivity index (χ0n) is 13.6. The van der Waals surface area contributed by atoms with Crippen LogP contribution in [0.4, 0.5) is 0 Å². The highest BCUT2D eigenvalue weighted by atomic mass is 35.7. The van der Waals surface area contributed by atoms with Crippen LogP contribution >= 0.6 is 0 Å². The number of halogens is 1. The minimum absolute atomic E-state index is 0.823. The molecule has 0 amide bonds. The Kier molecular flexibility index (Phi) is 5.46. The lowest BCUT2D eigenvalue weighted by atomic mass is 10.0. The van der Waals surface area contributed by atoms with E-state index in [0.717, 1.165) is 17.8 Å². The first-order valence-electron chi connectivity index (χ1n) is 7.79. The van der Waals surface area contributed by atoms with Crippen molar-refractivity contribution in [3.05, 3.63) is 90.2 Å². The molecule has 132 valence electrons. The molecule has 0 aliphatic carbocycles. The molecule has 5 nitrogen and oxygen atoms in total. The van der Waals surface area contributed by atoms with E-state index < -0.39 is 10.2 Å². The predicted octanol–water partition coefficient (Wildman–Crippen LogP) is 0.702. The number of hydrogen-bond donors (Lipinski definition) is 0. The van der Waals surface area contributed by atoms with Crippen LogP contribution in [-0.4, -0.2) is 0 Å². The van der Waals surface area contributed by atoms with Gasteiger partial charge < -0.3 is 0 Å². The van der Waals surface area contributed by atoms with Gasteiger partial charge in [-0.2, -0.15) is 0 Å². The van der Waals surface area contributed by atoms with Crippen LogP contribution in [0, 0.1) is 10.2 Å². The van der Waals surface area contributed by atoms with Crippen molar-refractivity contribution in [2.24, 2.45) is 0 Å². The Morgan fingerprint density at radius 3 is 2.04 bits per heavy atom. The normalized spacial score (nSPS) is 11.2. The Morgan fingerprint density at radius 2 is 1.31 bits per heavy atom. The maximum absolute atomic E-state index is 8.49. The third-order valence-electron chi connectivity index (χ3n) is 3.83. The van der Waals surface area contributed by atoms with Crippen molar-refractivity contribution < 1.29 is 33.3 Å². The summed E-state index contributed by atoms with van der Waals surface area (Å²) in [6.45, 7) is 0. The lowest BCUT2D eigenvalue weighted by Crippen LogP contribution is -2.68. The molecule has 4 rings (SSSR count). The summed E-state index contributed by atoms with van der Waals surface area (Å²) in [4.78, 5) is 0. The molecular weight excluding hydrogens is 356 g/mol. The first kappa shape index (κ1) is 18.3. The topological polar surface area (TPSA) is 104 Å². The summed E-state index contributed by atoms with van der Waals surface area (Å²) < 4.78 is 40.0. The molecule has 3 aromatic carbocycles. The maximum Gasteiger partial charge on any atom is 0.360 e. The molecule has 0 radical (unpaired) electrons. The third kappa shape index (κ3) is 4.98. The van der Waals surface area contributed by atoms with Crippen LogP contribution in [0.1, 0.15) is 11.3 Å². The summed E-state index contributed by atoms with van der Waals surface area (Å²) in [5.41, 5.74) is 2.21. The highest BCUT2D eigenvalue weighted by Gasteiger charge is 2.14. The van der Waals surface area contributed by atoms with E-state index in [-0.39, 0.29) is 0 Å². The van der Waals surface area contributed by atoms with Crippen molar-refractivity contribution in [1.82, 2.24) is 0 Å². The van der Waals surface area contributed by atoms with Gasteiger partial charge in [-0.15, -0.1) is 10.2 Å². The van der Waals surface area contributed by atoms with Gasteiger partial charge in [0.25, 0.3) is 0 Å². The molecule has 0 N–H and O–H groups in total. The third-order valence-corrected chi connectivity index (χ3v) is 3.83. The zero-order valence-corrected chi connectivity index (χ0v) is 14.4. The van der Waals surface area contributed by atoms with Gasteiger partial charge in [0.15, 0.2) is 0 Å². The second kappa shape index (κ2) is 7.78. The molecule has 0 aliphatic rings. The molecule has 0 aliphatic heterocycles. The van der Waals surface area contributed by atoms with Crippen LogP contribution in [0.15, 0.2) is 83.3 Å². The lowest BCUT2D eigenvalue weighted by molar-refractivity contribution is -2.00. The predicted molar refractivity (Wildman–Crippen MR) is 87.4 cm³/mol. The van der Waals surface area contributed by atoms with E-state index in [2.05, 4.69) is 72.8 Å². The fourth-order valence-corrected chi connectivity index (χ4v) is 2.78. The molecule has 0 spiro atoms. The average Bonchev–Trinajstić information content (AvgIpc) is 2.61. The quantitative estimate of drug-likeness (QED) is 0.381. The molecule has 0 unspecified atom stereocenters. The van der Waals surface area contributed by atoms with Crippen molar-refractivity contribution >= 4 is 21.7 Å².